The lowest BCUT2D eigenvalue weighted by Crippen LogP contribution is -2.02. The Hall–Kier alpha value is -2.36. The highest BCUT2D eigenvalue weighted by molar-refractivity contribution is 5.90. The van der Waals surface area contributed by atoms with Crippen molar-refractivity contribution in [3.05, 3.63) is 53.2 Å². The van der Waals surface area contributed by atoms with Gasteiger partial charge in [-0.2, -0.15) is 0 Å². The second kappa shape index (κ2) is 5.74. The minimum Gasteiger partial charge on any atom is -0.477 e. The number of ether oxygens (including phenoxy) is 1. The molecule has 0 unspecified atom stereocenters. The summed E-state index contributed by atoms with van der Waals surface area (Å²) in [5.74, 6) is 0.0767. The van der Waals surface area contributed by atoms with Crippen LogP contribution in [-0.2, 0) is 0 Å². The van der Waals surface area contributed by atoms with E-state index in [0.717, 1.165) is 11.1 Å². The van der Waals surface area contributed by atoms with Crippen molar-refractivity contribution in [3.8, 4) is 11.6 Å². The molecule has 0 atom stereocenters. The van der Waals surface area contributed by atoms with Crippen molar-refractivity contribution in [1.29, 1.82) is 0 Å². The molecule has 0 fully saturated rings. The van der Waals surface area contributed by atoms with Crippen molar-refractivity contribution in [2.45, 2.75) is 26.7 Å². The molecule has 0 spiro atoms. The lowest BCUT2D eigenvalue weighted by Gasteiger charge is -2.13. The summed E-state index contributed by atoms with van der Waals surface area (Å²) >= 11 is 0. The Kier molecular flexibility index (Phi) is 4.03. The van der Waals surface area contributed by atoms with Gasteiger partial charge in [0.15, 0.2) is 0 Å². The average Bonchev–Trinajstić information content (AvgIpc) is 2.41. The van der Waals surface area contributed by atoms with E-state index in [1.165, 1.54) is 12.3 Å². The zero-order valence-corrected chi connectivity index (χ0v) is 11.8. The predicted octanol–water partition coefficient (Wildman–Crippen LogP) is 4.00. The average molecular weight is 271 g/mol. The molecule has 1 heterocycles. The summed E-state index contributed by atoms with van der Waals surface area (Å²) < 4.78 is 5.70. The van der Waals surface area contributed by atoms with Gasteiger partial charge >= 0.3 is 5.97 Å². The van der Waals surface area contributed by atoms with E-state index in [1.54, 1.807) is 6.07 Å². The number of carboxylic acid groups (broad SMARTS) is 1. The van der Waals surface area contributed by atoms with Crippen LogP contribution < -0.4 is 4.74 Å². The summed E-state index contributed by atoms with van der Waals surface area (Å²) in [5.41, 5.74) is 2.14. The van der Waals surface area contributed by atoms with Crippen LogP contribution in [0.1, 0.15) is 41.3 Å². The first kappa shape index (κ1) is 14.1. The molecule has 0 radical (unpaired) electrons. The number of carbonyl (C=O) groups is 1. The van der Waals surface area contributed by atoms with E-state index >= 15 is 0 Å². The smallest absolute Gasteiger partial charge is 0.341 e. The Morgan fingerprint density at radius 1 is 1.30 bits per heavy atom. The first-order chi connectivity index (χ1) is 9.49. The van der Waals surface area contributed by atoms with Crippen LogP contribution in [0.5, 0.6) is 11.6 Å². The number of hydrogen-bond donors (Lipinski definition) is 1. The molecule has 4 heteroatoms. The Bertz CT molecular complexity index is 635. The highest BCUT2D eigenvalue weighted by Gasteiger charge is 2.14. The number of aromatic carboxylic acids is 1. The predicted molar refractivity (Wildman–Crippen MR) is 76.5 cm³/mol. The topological polar surface area (TPSA) is 59.4 Å². The number of aromatic nitrogens is 1. The molecule has 0 aliphatic carbocycles. The quantitative estimate of drug-likeness (QED) is 0.912. The van der Waals surface area contributed by atoms with Crippen molar-refractivity contribution in [3.63, 3.8) is 0 Å². The maximum absolute atomic E-state index is 11.2. The van der Waals surface area contributed by atoms with E-state index in [1.807, 2.05) is 25.1 Å². The second-order valence-electron chi connectivity index (χ2n) is 4.94. The molecule has 0 saturated carbocycles. The van der Waals surface area contributed by atoms with Gasteiger partial charge in [-0.1, -0.05) is 26.0 Å². The van der Waals surface area contributed by atoms with Gasteiger partial charge in [0.25, 0.3) is 0 Å². The zero-order valence-electron chi connectivity index (χ0n) is 11.8. The van der Waals surface area contributed by atoms with Gasteiger partial charge in [0, 0.05) is 6.20 Å². The van der Waals surface area contributed by atoms with Crippen molar-refractivity contribution in [1.82, 2.24) is 4.98 Å². The standard InChI is InChI=1S/C16H17NO3/c1-10(2)12-7-6-11(3)14(9-12)20-15-13(16(18)19)5-4-8-17-15/h4-10H,1-3H3,(H,18,19). The Morgan fingerprint density at radius 2 is 2.05 bits per heavy atom. The van der Waals surface area contributed by atoms with Crippen LogP contribution in [0.4, 0.5) is 0 Å². The van der Waals surface area contributed by atoms with E-state index in [-0.39, 0.29) is 11.4 Å². The number of aryl methyl sites for hydroxylation is 1. The van der Waals surface area contributed by atoms with Crippen molar-refractivity contribution >= 4 is 5.97 Å². The lowest BCUT2D eigenvalue weighted by molar-refractivity contribution is 0.0693. The largest absolute Gasteiger partial charge is 0.477 e. The molecule has 0 aliphatic heterocycles. The molecule has 20 heavy (non-hydrogen) atoms. The molecule has 2 rings (SSSR count). The van der Waals surface area contributed by atoms with Crippen LogP contribution in [0.15, 0.2) is 36.5 Å². The molecular formula is C16H17NO3. The molecule has 104 valence electrons. The third-order valence-electron chi connectivity index (χ3n) is 3.09. The first-order valence-corrected chi connectivity index (χ1v) is 6.45. The first-order valence-electron chi connectivity index (χ1n) is 6.45. The summed E-state index contributed by atoms with van der Waals surface area (Å²) in [6.07, 6.45) is 1.52. The van der Waals surface area contributed by atoms with Gasteiger partial charge in [0.05, 0.1) is 0 Å². The molecule has 2 aromatic rings. The third-order valence-corrected chi connectivity index (χ3v) is 3.09. The minimum atomic E-state index is -1.05. The summed E-state index contributed by atoms with van der Waals surface area (Å²) in [6.45, 7) is 6.11. The molecule has 4 nitrogen and oxygen atoms in total. The van der Waals surface area contributed by atoms with E-state index < -0.39 is 5.97 Å². The second-order valence-corrected chi connectivity index (χ2v) is 4.94. The van der Waals surface area contributed by atoms with Gasteiger partial charge in [0.2, 0.25) is 5.88 Å². The zero-order chi connectivity index (χ0) is 14.7. The molecule has 0 bridgehead atoms. The van der Waals surface area contributed by atoms with E-state index in [4.69, 9.17) is 9.84 Å². The van der Waals surface area contributed by atoms with E-state index in [0.29, 0.717) is 11.7 Å². The van der Waals surface area contributed by atoms with Gasteiger partial charge in [-0.05, 0) is 42.2 Å². The van der Waals surface area contributed by atoms with Crippen LogP contribution in [0.25, 0.3) is 0 Å². The molecule has 1 N–H and O–H groups in total. The van der Waals surface area contributed by atoms with Crippen LogP contribution in [-0.4, -0.2) is 16.1 Å². The molecular weight excluding hydrogens is 254 g/mol. The fourth-order valence-corrected chi connectivity index (χ4v) is 1.82. The highest BCUT2D eigenvalue weighted by atomic mass is 16.5. The summed E-state index contributed by atoms with van der Waals surface area (Å²) in [4.78, 5) is 15.2. The molecule has 0 aliphatic rings. The Morgan fingerprint density at radius 3 is 2.70 bits per heavy atom. The molecule has 0 amide bonds. The number of pyridine rings is 1. The molecule has 1 aromatic heterocycles. The van der Waals surface area contributed by atoms with Gasteiger partial charge in [-0.15, -0.1) is 0 Å². The number of hydrogen-bond acceptors (Lipinski definition) is 3. The lowest BCUT2D eigenvalue weighted by atomic mass is 10.0. The van der Waals surface area contributed by atoms with Crippen LogP contribution >= 0.6 is 0 Å². The maximum Gasteiger partial charge on any atom is 0.341 e. The third kappa shape index (κ3) is 2.96. The number of carboxylic acids is 1. The van der Waals surface area contributed by atoms with Crippen LogP contribution in [0.2, 0.25) is 0 Å². The maximum atomic E-state index is 11.2. The SMILES string of the molecule is Cc1ccc(C(C)C)cc1Oc1ncccc1C(=O)O. The van der Waals surface area contributed by atoms with Crippen molar-refractivity contribution < 1.29 is 14.6 Å². The monoisotopic (exact) mass is 271 g/mol. The van der Waals surface area contributed by atoms with E-state index in [9.17, 15) is 4.79 Å². The summed E-state index contributed by atoms with van der Waals surface area (Å²) in [6, 6.07) is 9.00. The van der Waals surface area contributed by atoms with Gasteiger partial charge in [-0.25, -0.2) is 9.78 Å². The molecule has 1 aromatic carbocycles. The van der Waals surface area contributed by atoms with Crippen molar-refractivity contribution in [2.75, 3.05) is 0 Å². The fourth-order valence-electron chi connectivity index (χ4n) is 1.82. The summed E-state index contributed by atoms with van der Waals surface area (Å²) in [7, 11) is 0. The Balaban J connectivity index is 2.40. The minimum absolute atomic E-state index is 0.0573. The van der Waals surface area contributed by atoms with Gasteiger partial charge in [0.1, 0.15) is 11.3 Å². The van der Waals surface area contributed by atoms with Crippen LogP contribution in [0, 0.1) is 6.92 Å². The van der Waals surface area contributed by atoms with Gasteiger partial charge in [-0.3, -0.25) is 0 Å². The highest BCUT2D eigenvalue weighted by Crippen LogP contribution is 2.29. The Labute approximate surface area is 118 Å². The van der Waals surface area contributed by atoms with Crippen LogP contribution in [0.3, 0.4) is 0 Å². The van der Waals surface area contributed by atoms with Crippen molar-refractivity contribution in [2.24, 2.45) is 0 Å². The number of nitrogens with zero attached hydrogens (tertiary/aromatic N) is 1. The van der Waals surface area contributed by atoms with E-state index in [2.05, 4.69) is 18.8 Å². The number of benzene rings is 1. The fraction of sp³-hybridized carbons (Fsp3) is 0.250. The molecule has 0 saturated heterocycles. The number of rotatable bonds is 4. The normalized spacial score (nSPS) is 10.6. The summed E-state index contributed by atoms with van der Waals surface area (Å²) in [5, 5.41) is 9.14. The van der Waals surface area contributed by atoms with Gasteiger partial charge < -0.3 is 9.84 Å².